The number of ether oxygens (including phenoxy) is 1. The van der Waals surface area contributed by atoms with Gasteiger partial charge in [-0.1, -0.05) is 18.2 Å². The molecule has 1 aliphatic rings. The Morgan fingerprint density at radius 1 is 1.00 bits per heavy atom. The highest BCUT2D eigenvalue weighted by Gasteiger charge is 2.34. The van der Waals surface area contributed by atoms with Crippen molar-refractivity contribution in [3.8, 4) is 5.75 Å². The van der Waals surface area contributed by atoms with E-state index in [-0.39, 0.29) is 5.91 Å². The Labute approximate surface area is 167 Å². The van der Waals surface area contributed by atoms with Crippen molar-refractivity contribution >= 4 is 40.3 Å². The molecular weight excluding hydrogens is 370 g/mol. The van der Waals surface area contributed by atoms with Crippen LogP contribution < -0.4 is 9.64 Å². The number of anilines is 1. The van der Waals surface area contributed by atoms with E-state index in [1.807, 2.05) is 72.8 Å². The Balaban J connectivity index is 1.74. The molecule has 0 bridgehead atoms. The fraction of sp³-hybridized carbons (Fsp3) is 0.0455. The largest absolute Gasteiger partial charge is 0.497 e. The van der Waals surface area contributed by atoms with Gasteiger partial charge in [-0.05, 0) is 71.9 Å². The van der Waals surface area contributed by atoms with Gasteiger partial charge in [-0.15, -0.1) is 0 Å². The minimum atomic E-state index is -0.0970. The van der Waals surface area contributed by atoms with Crippen molar-refractivity contribution in [1.29, 1.82) is 0 Å². The molecular formula is C22H17N3O2S. The number of aromatic nitrogens is 1. The fourth-order valence-corrected chi connectivity index (χ4v) is 3.73. The zero-order valence-corrected chi connectivity index (χ0v) is 16.0. The van der Waals surface area contributed by atoms with Crippen LogP contribution in [0.5, 0.6) is 5.75 Å². The van der Waals surface area contributed by atoms with Gasteiger partial charge in [0.2, 0.25) is 0 Å². The van der Waals surface area contributed by atoms with Gasteiger partial charge < -0.3 is 4.74 Å². The average Bonchev–Trinajstić information content (AvgIpc) is 3.04. The first-order valence-corrected chi connectivity index (χ1v) is 9.48. The van der Waals surface area contributed by atoms with E-state index in [4.69, 9.17) is 9.73 Å². The van der Waals surface area contributed by atoms with Gasteiger partial charge in [-0.3, -0.25) is 14.7 Å². The summed E-state index contributed by atoms with van der Waals surface area (Å²) in [7, 11) is 1.62. The number of amidine groups is 1. The Hall–Kier alpha value is -3.38. The lowest BCUT2D eigenvalue weighted by Gasteiger charge is -2.15. The van der Waals surface area contributed by atoms with Gasteiger partial charge in [0.1, 0.15) is 5.75 Å². The van der Waals surface area contributed by atoms with E-state index in [2.05, 4.69) is 4.98 Å². The minimum absolute atomic E-state index is 0.0970. The second-order valence-corrected chi connectivity index (χ2v) is 6.97. The van der Waals surface area contributed by atoms with E-state index in [1.54, 1.807) is 24.4 Å². The molecule has 2 heterocycles. The molecule has 4 rings (SSSR count). The molecule has 0 aliphatic carbocycles. The Bertz CT molecular complexity index is 1030. The number of pyridine rings is 1. The van der Waals surface area contributed by atoms with Crippen molar-refractivity contribution in [2.45, 2.75) is 0 Å². The van der Waals surface area contributed by atoms with E-state index in [0.717, 1.165) is 22.7 Å². The first-order valence-electron chi connectivity index (χ1n) is 8.66. The maximum atomic E-state index is 13.1. The van der Waals surface area contributed by atoms with E-state index in [9.17, 15) is 4.79 Å². The van der Waals surface area contributed by atoms with Crippen molar-refractivity contribution in [2.24, 2.45) is 4.99 Å². The lowest BCUT2D eigenvalue weighted by atomic mass is 10.2. The number of thioether (sulfide) groups is 1. The van der Waals surface area contributed by atoms with Crippen LogP contribution in [0, 0.1) is 0 Å². The molecule has 1 fully saturated rings. The molecule has 1 aliphatic heterocycles. The monoisotopic (exact) mass is 387 g/mol. The number of aliphatic imine (C=N–C) groups is 1. The van der Waals surface area contributed by atoms with Crippen LogP contribution >= 0.6 is 11.8 Å². The summed E-state index contributed by atoms with van der Waals surface area (Å²) < 4.78 is 5.20. The van der Waals surface area contributed by atoms with E-state index in [1.165, 1.54) is 11.8 Å². The number of benzene rings is 2. The molecule has 0 radical (unpaired) electrons. The summed E-state index contributed by atoms with van der Waals surface area (Å²) >= 11 is 1.36. The molecule has 3 aromatic rings. The second kappa shape index (κ2) is 8.10. The third-order valence-electron chi connectivity index (χ3n) is 4.12. The van der Waals surface area contributed by atoms with Gasteiger partial charge in [0.05, 0.1) is 23.4 Å². The van der Waals surface area contributed by atoms with Crippen molar-refractivity contribution < 1.29 is 9.53 Å². The van der Waals surface area contributed by atoms with E-state index < -0.39 is 0 Å². The zero-order valence-electron chi connectivity index (χ0n) is 15.1. The number of carbonyl (C=O) groups excluding carboxylic acids is 1. The molecule has 0 N–H and O–H groups in total. The maximum Gasteiger partial charge on any atom is 0.271 e. The molecule has 0 unspecified atom stereocenters. The number of hydrogen-bond acceptors (Lipinski definition) is 5. The van der Waals surface area contributed by atoms with Gasteiger partial charge in [0.25, 0.3) is 5.91 Å². The SMILES string of the molecule is COc1ccc(N=C2S/C(=C\c3ccncc3)C(=O)N2c2ccccc2)cc1. The second-order valence-electron chi connectivity index (χ2n) is 5.96. The van der Waals surface area contributed by atoms with Gasteiger partial charge >= 0.3 is 0 Å². The number of carbonyl (C=O) groups is 1. The van der Waals surface area contributed by atoms with Gasteiger partial charge in [-0.2, -0.15) is 0 Å². The molecule has 5 nitrogen and oxygen atoms in total. The predicted molar refractivity (Wildman–Crippen MR) is 114 cm³/mol. The van der Waals surface area contributed by atoms with Crippen LogP contribution in [0.25, 0.3) is 6.08 Å². The van der Waals surface area contributed by atoms with Crippen LogP contribution in [-0.4, -0.2) is 23.2 Å². The summed E-state index contributed by atoms with van der Waals surface area (Å²) in [5, 5.41) is 0.613. The van der Waals surface area contributed by atoms with Crippen molar-refractivity contribution in [1.82, 2.24) is 4.98 Å². The van der Waals surface area contributed by atoms with Crippen molar-refractivity contribution in [3.05, 3.63) is 89.6 Å². The van der Waals surface area contributed by atoms with Crippen LogP contribution in [0.4, 0.5) is 11.4 Å². The van der Waals surface area contributed by atoms with Crippen LogP contribution in [0.3, 0.4) is 0 Å². The number of nitrogens with zero attached hydrogens (tertiary/aromatic N) is 3. The quantitative estimate of drug-likeness (QED) is 0.598. The molecule has 1 amide bonds. The van der Waals surface area contributed by atoms with Crippen LogP contribution in [0.15, 0.2) is 89.0 Å². The van der Waals surface area contributed by atoms with Crippen LogP contribution in [0.1, 0.15) is 5.56 Å². The van der Waals surface area contributed by atoms with Crippen LogP contribution in [0.2, 0.25) is 0 Å². The number of para-hydroxylation sites is 1. The highest BCUT2D eigenvalue weighted by Crippen LogP contribution is 2.37. The number of amides is 1. The number of methoxy groups -OCH3 is 1. The molecule has 0 atom stereocenters. The normalized spacial score (nSPS) is 16.8. The van der Waals surface area contributed by atoms with Gasteiger partial charge in [0, 0.05) is 12.4 Å². The molecule has 6 heteroatoms. The van der Waals surface area contributed by atoms with E-state index >= 15 is 0 Å². The average molecular weight is 387 g/mol. The number of hydrogen-bond donors (Lipinski definition) is 0. The highest BCUT2D eigenvalue weighted by atomic mass is 32.2. The zero-order chi connectivity index (χ0) is 19.3. The first-order chi connectivity index (χ1) is 13.7. The summed E-state index contributed by atoms with van der Waals surface area (Å²) in [6, 6.07) is 20.7. The van der Waals surface area contributed by atoms with Crippen molar-refractivity contribution in [3.63, 3.8) is 0 Å². The highest BCUT2D eigenvalue weighted by molar-refractivity contribution is 8.19. The predicted octanol–water partition coefficient (Wildman–Crippen LogP) is 4.90. The molecule has 0 saturated carbocycles. The summed E-state index contributed by atoms with van der Waals surface area (Å²) in [5.74, 6) is 0.664. The van der Waals surface area contributed by atoms with Crippen LogP contribution in [-0.2, 0) is 4.79 Å². The molecule has 138 valence electrons. The standard InChI is InChI=1S/C22H17N3O2S/c1-27-19-9-7-17(8-10-19)24-22-25(18-5-3-2-4-6-18)21(26)20(28-22)15-16-11-13-23-14-12-16/h2-15H,1H3/b20-15-,24-22?. The molecule has 0 spiro atoms. The smallest absolute Gasteiger partial charge is 0.271 e. The number of rotatable bonds is 4. The summed E-state index contributed by atoms with van der Waals surface area (Å²) in [5.41, 5.74) is 2.46. The minimum Gasteiger partial charge on any atom is -0.497 e. The van der Waals surface area contributed by atoms with Gasteiger partial charge in [-0.25, -0.2) is 4.99 Å². The molecule has 28 heavy (non-hydrogen) atoms. The summed E-state index contributed by atoms with van der Waals surface area (Å²) in [6.45, 7) is 0. The summed E-state index contributed by atoms with van der Waals surface area (Å²) in [4.78, 5) is 24.1. The molecule has 2 aromatic carbocycles. The lowest BCUT2D eigenvalue weighted by molar-refractivity contribution is -0.113. The summed E-state index contributed by atoms with van der Waals surface area (Å²) in [6.07, 6.45) is 5.27. The Kier molecular flexibility index (Phi) is 5.21. The molecule has 1 saturated heterocycles. The lowest BCUT2D eigenvalue weighted by Crippen LogP contribution is -2.28. The Morgan fingerprint density at radius 3 is 2.39 bits per heavy atom. The van der Waals surface area contributed by atoms with Gasteiger partial charge in [0.15, 0.2) is 5.17 Å². The maximum absolute atomic E-state index is 13.1. The first kappa shape index (κ1) is 18.0. The molecule has 1 aromatic heterocycles. The third kappa shape index (κ3) is 3.82. The fourth-order valence-electron chi connectivity index (χ4n) is 2.73. The topological polar surface area (TPSA) is 54.8 Å². The van der Waals surface area contributed by atoms with E-state index in [0.29, 0.717) is 10.1 Å². The third-order valence-corrected chi connectivity index (χ3v) is 5.09. The Morgan fingerprint density at radius 2 is 1.71 bits per heavy atom. The van der Waals surface area contributed by atoms with Crippen molar-refractivity contribution in [2.75, 3.05) is 12.0 Å².